The van der Waals surface area contributed by atoms with Crippen molar-refractivity contribution in [3.05, 3.63) is 40.4 Å². The number of piperidine rings is 1. The molecule has 138 valence electrons. The van der Waals surface area contributed by atoms with Crippen molar-refractivity contribution < 1.29 is 4.79 Å². The molecule has 0 radical (unpaired) electrons. The Hall–Kier alpha value is -0.850. The molecule has 0 aliphatic carbocycles. The fraction of sp³-hybridized carbons (Fsp3) is 0.412. The molecule has 1 fully saturated rings. The number of thiazole rings is 1. The molecule has 0 spiro atoms. The molecule has 1 aliphatic rings. The first-order valence-electron chi connectivity index (χ1n) is 7.81. The van der Waals surface area contributed by atoms with Crippen LogP contribution in [-0.4, -0.2) is 42.0 Å². The normalized spacial score (nSPS) is 16.7. The predicted molar refractivity (Wildman–Crippen MR) is 109 cm³/mol. The van der Waals surface area contributed by atoms with Crippen LogP contribution in [0.15, 0.2) is 29.6 Å². The minimum atomic E-state index is 0. The molecule has 2 heterocycles. The Kier molecular flexibility index (Phi) is 9.17. The molecule has 4 nitrogen and oxygen atoms in total. The summed E-state index contributed by atoms with van der Waals surface area (Å²) >= 11 is 7.74. The van der Waals surface area contributed by atoms with E-state index in [1.807, 2.05) is 41.6 Å². The van der Waals surface area contributed by atoms with Crippen molar-refractivity contribution in [2.45, 2.75) is 25.3 Å². The van der Waals surface area contributed by atoms with E-state index in [1.54, 1.807) is 0 Å². The van der Waals surface area contributed by atoms with E-state index in [0.29, 0.717) is 17.5 Å². The summed E-state index contributed by atoms with van der Waals surface area (Å²) in [5.74, 6) is 0.154. The van der Waals surface area contributed by atoms with E-state index in [4.69, 9.17) is 11.6 Å². The standard InChI is InChI=1S/C17H20ClN3OS.2ClH/c1-19-12-5-4-8-21(10-12)16(22)9-13-11-23-17(20-13)14-6-2-3-7-15(14)18;;/h2-3,6-7,11-12,19H,4-5,8-10H2,1H3;2*1H. The van der Waals surface area contributed by atoms with Crippen molar-refractivity contribution in [2.75, 3.05) is 20.1 Å². The van der Waals surface area contributed by atoms with Gasteiger partial charge in [0, 0.05) is 30.1 Å². The van der Waals surface area contributed by atoms with Crippen LogP contribution in [0.2, 0.25) is 5.02 Å². The zero-order valence-electron chi connectivity index (χ0n) is 13.9. The molecule has 1 saturated heterocycles. The van der Waals surface area contributed by atoms with Gasteiger partial charge in [-0.25, -0.2) is 4.98 Å². The first-order valence-corrected chi connectivity index (χ1v) is 9.07. The molecule has 3 rings (SSSR count). The Morgan fingerprint density at radius 2 is 2.16 bits per heavy atom. The summed E-state index contributed by atoms with van der Waals surface area (Å²) in [6, 6.07) is 8.06. The second-order valence-electron chi connectivity index (χ2n) is 5.77. The summed E-state index contributed by atoms with van der Waals surface area (Å²) in [7, 11) is 1.95. The number of amides is 1. The van der Waals surface area contributed by atoms with E-state index in [9.17, 15) is 4.79 Å². The van der Waals surface area contributed by atoms with Gasteiger partial charge in [-0.3, -0.25) is 4.79 Å². The first kappa shape index (κ1) is 22.2. The molecule has 8 heteroatoms. The minimum absolute atomic E-state index is 0. The summed E-state index contributed by atoms with van der Waals surface area (Å²) in [6.45, 7) is 1.63. The summed E-state index contributed by atoms with van der Waals surface area (Å²) in [6.07, 6.45) is 2.55. The first-order chi connectivity index (χ1) is 11.2. The number of halogens is 3. The van der Waals surface area contributed by atoms with Gasteiger partial charge < -0.3 is 10.2 Å². The number of likely N-dealkylation sites (N-methyl/N-ethyl adjacent to an activating group) is 1. The average Bonchev–Trinajstić information content (AvgIpc) is 3.03. The Bertz CT molecular complexity index is 695. The summed E-state index contributed by atoms with van der Waals surface area (Å²) in [5.41, 5.74) is 1.74. The number of nitrogens with one attached hydrogen (secondary N) is 1. The lowest BCUT2D eigenvalue weighted by atomic mass is 10.1. The van der Waals surface area contributed by atoms with Crippen LogP contribution in [0.5, 0.6) is 0 Å². The number of hydrogen-bond acceptors (Lipinski definition) is 4. The maximum Gasteiger partial charge on any atom is 0.228 e. The number of nitrogens with zero attached hydrogens (tertiary/aromatic N) is 2. The fourth-order valence-corrected chi connectivity index (χ4v) is 3.99. The third-order valence-electron chi connectivity index (χ3n) is 4.17. The third kappa shape index (κ3) is 5.56. The highest BCUT2D eigenvalue weighted by atomic mass is 35.5. The van der Waals surface area contributed by atoms with E-state index in [2.05, 4.69) is 10.3 Å². The Morgan fingerprint density at radius 1 is 1.40 bits per heavy atom. The van der Waals surface area contributed by atoms with Gasteiger partial charge in [0.25, 0.3) is 0 Å². The topological polar surface area (TPSA) is 45.2 Å². The largest absolute Gasteiger partial charge is 0.341 e. The lowest BCUT2D eigenvalue weighted by Crippen LogP contribution is -2.47. The van der Waals surface area contributed by atoms with E-state index in [0.717, 1.165) is 42.2 Å². The van der Waals surface area contributed by atoms with Gasteiger partial charge in [0.1, 0.15) is 5.01 Å². The van der Waals surface area contributed by atoms with Crippen LogP contribution >= 0.6 is 47.8 Å². The molecule has 1 unspecified atom stereocenters. The Balaban J connectivity index is 0.00000156. The quantitative estimate of drug-likeness (QED) is 0.808. The maximum atomic E-state index is 12.5. The van der Waals surface area contributed by atoms with Crippen LogP contribution in [0.25, 0.3) is 10.6 Å². The van der Waals surface area contributed by atoms with Gasteiger partial charge in [0.05, 0.1) is 17.1 Å². The number of likely N-dealkylation sites (tertiary alicyclic amines) is 1. The number of carbonyl (C=O) groups is 1. The Morgan fingerprint density at radius 3 is 2.88 bits per heavy atom. The SMILES string of the molecule is CNC1CCCN(C(=O)Cc2csc(-c3ccccc3Cl)n2)C1.Cl.Cl. The molecule has 1 aromatic carbocycles. The van der Waals surface area contributed by atoms with Crippen LogP contribution in [0.1, 0.15) is 18.5 Å². The highest BCUT2D eigenvalue weighted by molar-refractivity contribution is 7.13. The second-order valence-corrected chi connectivity index (χ2v) is 7.03. The van der Waals surface area contributed by atoms with Gasteiger partial charge in [-0.1, -0.05) is 29.8 Å². The molecule has 2 aromatic rings. The van der Waals surface area contributed by atoms with Crippen LogP contribution in [0.3, 0.4) is 0 Å². The van der Waals surface area contributed by atoms with Crippen LogP contribution < -0.4 is 5.32 Å². The minimum Gasteiger partial charge on any atom is -0.341 e. The van der Waals surface area contributed by atoms with Gasteiger partial charge in [-0.15, -0.1) is 36.2 Å². The van der Waals surface area contributed by atoms with Gasteiger partial charge in [0.2, 0.25) is 5.91 Å². The molecular formula is C17H22Cl3N3OS. The Labute approximate surface area is 169 Å². The van der Waals surface area contributed by atoms with Crippen molar-refractivity contribution >= 4 is 53.7 Å². The second kappa shape index (κ2) is 10.3. The fourth-order valence-electron chi connectivity index (χ4n) is 2.85. The molecule has 0 bridgehead atoms. The average molecular weight is 423 g/mol. The molecule has 25 heavy (non-hydrogen) atoms. The highest BCUT2D eigenvalue weighted by Crippen LogP contribution is 2.30. The molecule has 1 atom stereocenters. The lowest BCUT2D eigenvalue weighted by molar-refractivity contribution is -0.131. The zero-order chi connectivity index (χ0) is 16.2. The smallest absolute Gasteiger partial charge is 0.228 e. The predicted octanol–water partition coefficient (Wildman–Crippen LogP) is 4.06. The molecule has 1 amide bonds. The number of rotatable bonds is 4. The van der Waals surface area contributed by atoms with Crippen molar-refractivity contribution in [3.8, 4) is 10.6 Å². The van der Waals surface area contributed by atoms with Crippen molar-refractivity contribution in [1.29, 1.82) is 0 Å². The third-order valence-corrected chi connectivity index (χ3v) is 5.42. The number of benzene rings is 1. The summed E-state index contributed by atoms with van der Waals surface area (Å²) in [5, 5.41) is 6.77. The molecule has 0 saturated carbocycles. The molecule has 1 N–H and O–H groups in total. The summed E-state index contributed by atoms with van der Waals surface area (Å²) in [4.78, 5) is 19.0. The van der Waals surface area contributed by atoms with Gasteiger partial charge >= 0.3 is 0 Å². The number of aromatic nitrogens is 1. The molecular weight excluding hydrogens is 401 g/mol. The zero-order valence-corrected chi connectivity index (χ0v) is 17.1. The van der Waals surface area contributed by atoms with E-state index in [-0.39, 0.29) is 30.7 Å². The number of carbonyl (C=O) groups excluding carboxylic acids is 1. The van der Waals surface area contributed by atoms with Gasteiger partial charge in [-0.05, 0) is 26.0 Å². The van der Waals surface area contributed by atoms with Gasteiger partial charge in [-0.2, -0.15) is 0 Å². The highest BCUT2D eigenvalue weighted by Gasteiger charge is 2.23. The van der Waals surface area contributed by atoms with E-state index >= 15 is 0 Å². The van der Waals surface area contributed by atoms with Crippen molar-refractivity contribution in [2.24, 2.45) is 0 Å². The lowest BCUT2D eigenvalue weighted by Gasteiger charge is -2.32. The van der Waals surface area contributed by atoms with Crippen LogP contribution in [0, 0.1) is 0 Å². The van der Waals surface area contributed by atoms with Crippen molar-refractivity contribution in [3.63, 3.8) is 0 Å². The van der Waals surface area contributed by atoms with E-state index < -0.39 is 0 Å². The summed E-state index contributed by atoms with van der Waals surface area (Å²) < 4.78 is 0. The van der Waals surface area contributed by atoms with E-state index in [1.165, 1.54) is 11.3 Å². The monoisotopic (exact) mass is 421 g/mol. The van der Waals surface area contributed by atoms with Crippen LogP contribution in [0.4, 0.5) is 0 Å². The van der Waals surface area contributed by atoms with Gasteiger partial charge in [0.15, 0.2) is 0 Å². The maximum absolute atomic E-state index is 12.5. The molecule has 1 aliphatic heterocycles. The number of hydrogen-bond donors (Lipinski definition) is 1. The van der Waals surface area contributed by atoms with Crippen molar-refractivity contribution in [1.82, 2.24) is 15.2 Å². The molecule has 1 aromatic heterocycles. The van der Waals surface area contributed by atoms with Crippen LogP contribution in [-0.2, 0) is 11.2 Å².